The van der Waals surface area contributed by atoms with E-state index >= 15 is 0 Å². The standard InChI is InChI=1S/C22H17Cl2N5O4/c23-16-5-4-13(8-17(16)24)29-9-12(26-27-29)11-33-19-3-1-2-14-15(19)10-28(22(14)32)18-6-7-20(30)25-21(18)31/h1-5,8-9,18H,6-7,10-11H2,(H,25,30,31). The first kappa shape index (κ1) is 21.4. The Morgan fingerprint density at radius 1 is 1.12 bits per heavy atom. The lowest BCUT2D eigenvalue weighted by Gasteiger charge is -2.29. The van der Waals surface area contributed by atoms with Crippen LogP contribution >= 0.6 is 23.2 Å². The Kier molecular flexibility index (Phi) is 5.51. The summed E-state index contributed by atoms with van der Waals surface area (Å²) in [5.41, 5.74) is 2.46. The largest absolute Gasteiger partial charge is 0.487 e. The van der Waals surface area contributed by atoms with Gasteiger partial charge in [-0.3, -0.25) is 19.7 Å². The van der Waals surface area contributed by atoms with Gasteiger partial charge in [0, 0.05) is 17.5 Å². The summed E-state index contributed by atoms with van der Waals surface area (Å²) in [6.07, 6.45) is 2.22. The van der Waals surface area contributed by atoms with Crippen molar-refractivity contribution >= 4 is 40.9 Å². The summed E-state index contributed by atoms with van der Waals surface area (Å²) in [5, 5.41) is 11.4. The minimum Gasteiger partial charge on any atom is -0.487 e. The molecule has 0 spiro atoms. The lowest BCUT2D eigenvalue weighted by atomic mass is 10.0. The molecule has 9 nitrogen and oxygen atoms in total. The van der Waals surface area contributed by atoms with Crippen molar-refractivity contribution in [2.75, 3.05) is 0 Å². The number of fused-ring (bicyclic) bond motifs is 1. The van der Waals surface area contributed by atoms with E-state index in [0.717, 1.165) is 0 Å². The van der Waals surface area contributed by atoms with Gasteiger partial charge in [-0.15, -0.1) is 5.10 Å². The predicted octanol–water partition coefficient (Wildman–Crippen LogP) is 2.91. The van der Waals surface area contributed by atoms with E-state index in [2.05, 4.69) is 15.6 Å². The van der Waals surface area contributed by atoms with Crippen molar-refractivity contribution in [1.82, 2.24) is 25.2 Å². The average molecular weight is 486 g/mol. The number of piperidine rings is 1. The Morgan fingerprint density at radius 2 is 1.97 bits per heavy atom. The fourth-order valence-electron chi connectivity index (χ4n) is 3.96. The van der Waals surface area contributed by atoms with Gasteiger partial charge in [0.05, 0.1) is 28.5 Å². The molecule has 1 unspecified atom stereocenters. The van der Waals surface area contributed by atoms with Gasteiger partial charge < -0.3 is 9.64 Å². The van der Waals surface area contributed by atoms with Crippen molar-refractivity contribution in [1.29, 1.82) is 0 Å². The maximum Gasteiger partial charge on any atom is 0.255 e. The molecule has 1 saturated heterocycles. The van der Waals surface area contributed by atoms with Crippen molar-refractivity contribution < 1.29 is 19.1 Å². The topological polar surface area (TPSA) is 106 Å². The zero-order chi connectivity index (χ0) is 23.1. The second kappa shape index (κ2) is 8.49. The van der Waals surface area contributed by atoms with Crippen LogP contribution in [0.4, 0.5) is 0 Å². The van der Waals surface area contributed by atoms with Gasteiger partial charge in [0.2, 0.25) is 11.8 Å². The van der Waals surface area contributed by atoms with E-state index in [4.69, 9.17) is 27.9 Å². The maximum absolute atomic E-state index is 12.9. The summed E-state index contributed by atoms with van der Waals surface area (Å²) in [5.74, 6) is -0.498. The van der Waals surface area contributed by atoms with Gasteiger partial charge in [0.15, 0.2) is 0 Å². The van der Waals surface area contributed by atoms with Gasteiger partial charge >= 0.3 is 0 Å². The van der Waals surface area contributed by atoms with E-state index in [9.17, 15) is 14.4 Å². The van der Waals surface area contributed by atoms with E-state index in [-0.39, 0.29) is 31.4 Å². The first-order valence-electron chi connectivity index (χ1n) is 10.2. The number of benzene rings is 2. The van der Waals surface area contributed by atoms with Crippen LogP contribution in [0.3, 0.4) is 0 Å². The Hall–Kier alpha value is -3.43. The Bertz CT molecular complexity index is 1290. The van der Waals surface area contributed by atoms with Gasteiger partial charge in [-0.25, -0.2) is 4.68 Å². The monoisotopic (exact) mass is 485 g/mol. The number of imide groups is 1. The van der Waals surface area contributed by atoms with E-state index in [1.807, 2.05) is 0 Å². The minimum atomic E-state index is -0.679. The SMILES string of the molecule is O=C1CCC(N2Cc3c(OCc4cn(-c5ccc(Cl)c(Cl)c5)nn4)cccc3C2=O)C(=O)N1. The van der Waals surface area contributed by atoms with Gasteiger partial charge in [-0.05, 0) is 36.8 Å². The van der Waals surface area contributed by atoms with Crippen molar-refractivity contribution in [3.05, 3.63) is 69.5 Å². The fraction of sp³-hybridized carbons (Fsp3) is 0.227. The van der Waals surface area contributed by atoms with Crippen LogP contribution in [-0.4, -0.2) is 43.7 Å². The number of rotatable bonds is 5. The summed E-state index contributed by atoms with van der Waals surface area (Å²) >= 11 is 12.0. The molecule has 5 rings (SSSR count). The third-order valence-electron chi connectivity index (χ3n) is 5.62. The van der Waals surface area contributed by atoms with Crippen molar-refractivity contribution in [3.8, 4) is 11.4 Å². The molecule has 3 heterocycles. The van der Waals surface area contributed by atoms with Crippen LogP contribution in [0.15, 0.2) is 42.6 Å². The highest BCUT2D eigenvalue weighted by molar-refractivity contribution is 6.42. The molecule has 3 aromatic rings. The average Bonchev–Trinajstić information content (AvgIpc) is 3.40. The molecular formula is C22H17Cl2N5O4. The van der Waals surface area contributed by atoms with Gasteiger partial charge in [0.1, 0.15) is 24.1 Å². The number of halogens is 2. The molecule has 0 saturated carbocycles. The minimum absolute atomic E-state index is 0.129. The third kappa shape index (κ3) is 4.05. The van der Waals surface area contributed by atoms with Gasteiger partial charge in [0.25, 0.3) is 5.91 Å². The number of nitrogens with one attached hydrogen (secondary N) is 1. The second-order valence-electron chi connectivity index (χ2n) is 7.72. The number of carbonyl (C=O) groups is 3. The normalized spacial score (nSPS) is 17.8. The van der Waals surface area contributed by atoms with E-state index in [1.54, 1.807) is 47.3 Å². The molecule has 2 aromatic carbocycles. The van der Waals surface area contributed by atoms with Crippen LogP contribution in [0.1, 0.15) is 34.5 Å². The van der Waals surface area contributed by atoms with E-state index in [1.165, 1.54) is 4.90 Å². The number of aromatic nitrogens is 3. The Labute approximate surface area is 198 Å². The fourth-order valence-corrected chi connectivity index (χ4v) is 4.25. The smallest absolute Gasteiger partial charge is 0.255 e. The molecule has 1 atom stereocenters. The number of carbonyl (C=O) groups excluding carboxylic acids is 3. The van der Waals surface area contributed by atoms with Crippen LogP contribution in [-0.2, 0) is 22.7 Å². The zero-order valence-corrected chi connectivity index (χ0v) is 18.6. The summed E-state index contributed by atoms with van der Waals surface area (Å²) in [4.78, 5) is 38.1. The molecule has 0 bridgehead atoms. The molecule has 2 aliphatic rings. The highest BCUT2D eigenvalue weighted by atomic mass is 35.5. The molecule has 0 radical (unpaired) electrons. The lowest BCUT2D eigenvalue weighted by molar-refractivity contribution is -0.136. The molecule has 1 fully saturated rings. The Morgan fingerprint density at radius 3 is 2.76 bits per heavy atom. The molecule has 0 aliphatic carbocycles. The zero-order valence-electron chi connectivity index (χ0n) is 17.1. The highest BCUT2D eigenvalue weighted by Crippen LogP contribution is 2.34. The first-order chi connectivity index (χ1) is 15.9. The van der Waals surface area contributed by atoms with Crippen molar-refractivity contribution in [2.45, 2.75) is 32.0 Å². The van der Waals surface area contributed by atoms with Gasteiger partial charge in [-0.2, -0.15) is 0 Å². The van der Waals surface area contributed by atoms with Crippen molar-refractivity contribution in [2.24, 2.45) is 0 Å². The molecule has 2 aliphatic heterocycles. The highest BCUT2D eigenvalue weighted by Gasteiger charge is 2.40. The quantitative estimate of drug-likeness (QED) is 0.556. The molecule has 11 heteroatoms. The molecular weight excluding hydrogens is 469 g/mol. The first-order valence-corrected chi connectivity index (χ1v) is 10.9. The molecule has 168 valence electrons. The van der Waals surface area contributed by atoms with E-state index in [0.29, 0.717) is 44.7 Å². The van der Waals surface area contributed by atoms with Crippen LogP contribution in [0.25, 0.3) is 5.69 Å². The lowest BCUT2D eigenvalue weighted by Crippen LogP contribution is -2.52. The summed E-state index contributed by atoms with van der Waals surface area (Å²) < 4.78 is 7.52. The van der Waals surface area contributed by atoms with Crippen LogP contribution in [0, 0.1) is 0 Å². The molecule has 1 N–H and O–H groups in total. The third-order valence-corrected chi connectivity index (χ3v) is 6.36. The summed E-state index contributed by atoms with van der Waals surface area (Å²) in [7, 11) is 0. The molecule has 3 amide bonds. The summed E-state index contributed by atoms with van der Waals surface area (Å²) in [6, 6.07) is 9.65. The number of hydrogen-bond donors (Lipinski definition) is 1. The van der Waals surface area contributed by atoms with E-state index < -0.39 is 11.9 Å². The van der Waals surface area contributed by atoms with Crippen LogP contribution in [0.5, 0.6) is 5.75 Å². The van der Waals surface area contributed by atoms with Crippen molar-refractivity contribution in [3.63, 3.8) is 0 Å². The van der Waals surface area contributed by atoms with Crippen LogP contribution in [0.2, 0.25) is 10.0 Å². The van der Waals surface area contributed by atoms with Gasteiger partial charge in [-0.1, -0.05) is 34.5 Å². The number of amides is 3. The number of hydrogen-bond acceptors (Lipinski definition) is 6. The van der Waals surface area contributed by atoms with Crippen LogP contribution < -0.4 is 10.1 Å². The Balaban J connectivity index is 1.31. The molecule has 1 aromatic heterocycles. The number of nitrogens with zero attached hydrogens (tertiary/aromatic N) is 4. The second-order valence-corrected chi connectivity index (χ2v) is 8.54. The predicted molar refractivity (Wildman–Crippen MR) is 118 cm³/mol. The molecule has 33 heavy (non-hydrogen) atoms. The summed E-state index contributed by atoms with van der Waals surface area (Å²) in [6.45, 7) is 0.358. The number of ether oxygens (including phenoxy) is 1. The maximum atomic E-state index is 12.9.